The zero-order valence-corrected chi connectivity index (χ0v) is 15.3. The van der Waals surface area contributed by atoms with Crippen molar-refractivity contribution in [2.24, 2.45) is 0 Å². The molecule has 0 saturated carbocycles. The lowest BCUT2D eigenvalue weighted by Gasteiger charge is -2.32. The van der Waals surface area contributed by atoms with Gasteiger partial charge in [-0.1, -0.05) is 6.07 Å². The standard InChI is InChI=1S/C19H26N4O2/c1-13-15(12-21-22-13)11-20-16-8-7-14-6-5-9-23(17(14)10-16)18(24)25-19(2,3)4/h7-8,10,12,20H,5-6,9,11H2,1-4H3,(H,21,22). The minimum atomic E-state index is -0.497. The lowest BCUT2D eigenvalue weighted by molar-refractivity contribution is 0.0578. The Morgan fingerprint density at radius 1 is 1.40 bits per heavy atom. The van der Waals surface area contributed by atoms with E-state index in [1.807, 2.05) is 40.0 Å². The molecule has 2 N–H and O–H groups in total. The lowest BCUT2D eigenvalue weighted by atomic mass is 10.0. The number of H-pyrrole nitrogens is 1. The highest BCUT2D eigenvalue weighted by molar-refractivity contribution is 5.90. The summed E-state index contributed by atoms with van der Waals surface area (Å²) in [6, 6.07) is 6.19. The van der Waals surface area contributed by atoms with E-state index in [1.54, 1.807) is 4.90 Å². The fraction of sp³-hybridized carbons (Fsp3) is 0.474. The highest BCUT2D eigenvalue weighted by atomic mass is 16.6. The van der Waals surface area contributed by atoms with E-state index in [2.05, 4.69) is 27.6 Å². The molecule has 1 amide bonds. The van der Waals surface area contributed by atoms with E-state index in [0.717, 1.165) is 35.5 Å². The summed E-state index contributed by atoms with van der Waals surface area (Å²) >= 11 is 0. The van der Waals surface area contributed by atoms with Gasteiger partial charge in [0.25, 0.3) is 0 Å². The molecule has 2 heterocycles. The minimum absolute atomic E-state index is 0.281. The van der Waals surface area contributed by atoms with Gasteiger partial charge in [0, 0.05) is 30.0 Å². The van der Waals surface area contributed by atoms with Gasteiger partial charge in [-0.2, -0.15) is 5.10 Å². The summed E-state index contributed by atoms with van der Waals surface area (Å²) in [4.78, 5) is 14.3. The number of aromatic nitrogens is 2. The number of aryl methyl sites for hydroxylation is 2. The molecule has 1 aromatic heterocycles. The van der Waals surface area contributed by atoms with Gasteiger partial charge in [-0.25, -0.2) is 4.79 Å². The average molecular weight is 342 g/mol. The normalized spacial score (nSPS) is 14.2. The maximum absolute atomic E-state index is 12.5. The van der Waals surface area contributed by atoms with Crippen LogP contribution in [0.15, 0.2) is 24.4 Å². The van der Waals surface area contributed by atoms with Crippen LogP contribution in [0.4, 0.5) is 16.2 Å². The molecule has 1 aliphatic rings. The second kappa shape index (κ2) is 6.78. The Kier molecular flexibility index (Phi) is 4.70. The summed E-state index contributed by atoms with van der Waals surface area (Å²) in [5.41, 5.74) is 4.79. The van der Waals surface area contributed by atoms with E-state index in [4.69, 9.17) is 4.74 Å². The first kappa shape index (κ1) is 17.3. The maximum Gasteiger partial charge on any atom is 0.414 e. The number of nitrogens with one attached hydrogen (secondary N) is 2. The topological polar surface area (TPSA) is 70.2 Å². The molecular formula is C19H26N4O2. The van der Waals surface area contributed by atoms with Gasteiger partial charge in [0.1, 0.15) is 5.60 Å². The summed E-state index contributed by atoms with van der Waals surface area (Å²) in [7, 11) is 0. The summed E-state index contributed by atoms with van der Waals surface area (Å²) in [6.45, 7) is 9.05. The van der Waals surface area contributed by atoms with E-state index in [9.17, 15) is 4.79 Å². The largest absolute Gasteiger partial charge is 0.443 e. The van der Waals surface area contributed by atoms with Gasteiger partial charge in [-0.05, 0) is 58.2 Å². The first-order valence-corrected chi connectivity index (χ1v) is 8.69. The molecule has 0 atom stereocenters. The first-order chi connectivity index (χ1) is 11.8. The predicted molar refractivity (Wildman–Crippen MR) is 99.0 cm³/mol. The number of carbonyl (C=O) groups excluding carboxylic acids is 1. The van der Waals surface area contributed by atoms with Crippen molar-refractivity contribution >= 4 is 17.5 Å². The van der Waals surface area contributed by atoms with Crippen molar-refractivity contribution in [3.63, 3.8) is 0 Å². The number of hydrogen-bond acceptors (Lipinski definition) is 4. The Bertz CT molecular complexity index is 761. The zero-order valence-electron chi connectivity index (χ0n) is 15.3. The van der Waals surface area contributed by atoms with Crippen molar-refractivity contribution < 1.29 is 9.53 Å². The maximum atomic E-state index is 12.5. The Balaban J connectivity index is 1.78. The van der Waals surface area contributed by atoms with Crippen molar-refractivity contribution in [2.45, 2.75) is 52.7 Å². The third kappa shape index (κ3) is 4.13. The van der Waals surface area contributed by atoms with Gasteiger partial charge in [0.2, 0.25) is 0 Å². The fourth-order valence-corrected chi connectivity index (χ4v) is 2.94. The number of carbonyl (C=O) groups is 1. The average Bonchev–Trinajstić information content (AvgIpc) is 2.95. The van der Waals surface area contributed by atoms with Crippen LogP contribution >= 0.6 is 0 Å². The van der Waals surface area contributed by atoms with Crippen LogP contribution in [-0.2, 0) is 17.7 Å². The molecule has 0 unspecified atom stereocenters. The van der Waals surface area contributed by atoms with Crippen molar-refractivity contribution in [1.29, 1.82) is 0 Å². The molecule has 2 aromatic rings. The quantitative estimate of drug-likeness (QED) is 0.884. The van der Waals surface area contributed by atoms with Crippen LogP contribution in [0.2, 0.25) is 0 Å². The van der Waals surface area contributed by atoms with E-state index in [-0.39, 0.29) is 6.09 Å². The van der Waals surface area contributed by atoms with Gasteiger partial charge in [-0.15, -0.1) is 0 Å². The van der Waals surface area contributed by atoms with Gasteiger partial charge in [0.05, 0.1) is 11.9 Å². The molecule has 0 bridgehead atoms. The van der Waals surface area contributed by atoms with Crippen LogP contribution in [0.5, 0.6) is 0 Å². The van der Waals surface area contributed by atoms with E-state index in [1.165, 1.54) is 5.56 Å². The molecule has 3 rings (SSSR count). The van der Waals surface area contributed by atoms with E-state index >= 15 is 0 Å². The van der Waals surface area contributed by atoms with Gasteiger partial charge in [-0.3, -0.25) is 10.00 Å². The Labute approximate surface area is 148 Å². The Morgan fingerprint density at radius 2 is 2.20 bits per heavy atom. The van der Waals surface area contributed by atoms with Crippen LogP contribution in [-0.4, -0.2) is 28.4 Å². The molecule has 1 aromatic carbocycles. The number of hydrogen-bond donors (Lipinski definition) is 2. The van der Waals surface area contributed by atoms with Crippen LogP contribution in [0.1, 0.15) is 44.0 Å². The second-order valence-corrected chi connectivity index (χ2v) is 7.45. The highest BCUT2D eigenvalue weighted by Crippen LogP contribution is 2.31. The van der Waals surface area contributed by atoms with Crippen molar-refractivity contribution in [1.82, 2.24) is 10.2 Å². The lowest BCUT2D eigenvalue weighted by Crippen LogP contribution is -2.39. The first-order valence-electron chi connectivity index (χ1n) is 8.69. The summed E-state index contributed by atoms with van der Waals surface area (Å²) in [6.07, 6.45) is 3.48. The summed E-state index contributed by atoms with van der Waals surface area (Å²) < 4.78 is 5.56. The molecule has 0 aliphatic carbocycles. The highest BCUT2D eigenvalue weighted by Gasteiger charge is 2.27. The molecular weight excluding hydrogens is 316 g/mol. The zero-order chi connectivity index (χ0) is 18.0. The minimum Gasteiger partial charge on any atom is -0.443 e. The molecule has 0 radical (unpaired) electrons. The smallest absolute Gasteiger partial charge is 0.414 e. The molecule has 25 heavy (non-hydrogen) atoms. The number of rotatable bonds is 3. The number of ether oxygens (including phenoxy) is 1. The van der Waals surface area contributed by atoms with Crippen LogP contribution in [0.3, 0.4) is 0 Å². The second-order valence-electron chi connectivity index (χ2n) is 7.45. The number of anilines is 2. The number of aromatic amines is 1. The molecule has 0 fully saturated rings. The fourth-order valence-electron chi connectivity index (χ4n) is 2.94. The van der Waals surface area contributed by atoms with Crippen LogP contribution in [0.25, 0.3) is 0 Å². The molecule has 0 saturated heterocycles. The van der Waals surface area contributed by atoms with Crippen molar-refractivity contribution in [2.75, 3.05) is 16.8 Å². The molecule has 6 nitrogen and oxygen atoms in total. The summed E-state index contributed by atoms with van der Waals surface area (Å²) in [5.74, 6) is 0. The Hall–Kier alpha value is -2.50. The monoisotopic (exact) mass is 342 g/mol. The van der Waals surface area contributed by atoms with Gasteiger partial charge < -0.3 is 10.1 Å². The van der Waals surface area contributed by atoms with E-state index in [0.29, 0.717) is 13.1 Å². The number of nitrogens with zero attached hydrogens (tertiary/aromatic N) is 2. The number of amides is 1. The number of fused-ring (bicyclic) bond motifs is 1. The summed E-state index contributed by atoms with van der Waals surface area (Å²) in [5, 5.41) is 10.4. The molecule has 6 heteroatoms. The van der Waals surface area contributed by atoms with E-state index < -0.39 is 5.60 Å². The third-order valence-electron chi connectivity index (χ3n) is 4.24. The number of benzene rings is 1. The van der Waals surface area contributed by atoms with Crippen LogP contribution in [0, 0.1) is 6.92 Å². The van der Waals surface area contributed by atoms with Crippen LogP contribution < -0.4 is 10.2 Å². The molecule has 1 aliphatic heterocycles. The molecule has 134 valence electrons. The Morgan fingerprint density at radius 3 is 2.88 bits per heavy atom. The van der Waals surface area contributed by atoms with Gasteiger partial charge >= 0.3 is 6.09 Å². The SMILES string of the molecule is Cc1[nH]ncc1CNc1ccc2c(c1)N(C(=O)OC(C)(C)C)CCC2. The van der Waals surface area contributed by atoms with Crippen molar-refractivity contribution in [3.05, 3.63) is 41.2 Å². The predicted octanol–water partition coefficient (Wildman–Crippen LogP) is 4.02. The van der Waals surface area contributed by atoms with Crippen molar-refractivity contribution in [3.8, 4) is 0 Å². The third-order valence-corrected chi connectivity index (χ3v) is 4.24. The van der Waals surface area contributed by atoms with Gasteiger partial charge in [0.15, 0.2) is 0 Å². The molecule has 0 spiro atoms.